The van der Waals surface area contributed by atoms with E-state index in [-0.39, 0.29) is 17.6 Å². The van der Waals surface area contributed by atoms with Crippen LogP contribution in [-0.2, 0) is 4.79 Å². The molecule has 1 heterocycles. The molecule has 1 aromatic heterocycles. The maximum atomic E-state index is 13.0. The number of fused-ring (bicyclic) bond motifs is 1. The van der Waals surface area contributed by atoms with Crippen molar-refractivity contribution in [1.29, 1.82) is 0 Å². The maximum absolute atomic E-state index is 13.0. The van der Waals surface area contributed by atoms with Crippen molar-refractivity contribution < 1.29 is 9.18 Å². The second kappa shape index (κ2) is 4.29. The molecular weight excluding hydrogens is 235 g/mol. The number of hydrogen-bond acceptors (Lipinski definition) is 2. The molecule has 0 spiro atoms. The molecule has 0 fully saturated rings. The van der Waals surface area contributed by atoms with E-state index >= 15 is 0 Å². The molecule has 0 bridgehead atoms. The van der Waals surface area contributed by atoms with E-state index in [1.807, 2.05) is 5.38 Å². The Bertz CT molecular complexity index is 494. The smallest absolute Gasteiger partial charge is 0.123 e. The first-order chi connectivity index (χ1) is 7.22. The average molecular weight is 243 g/mol. The Labute approximate surface area is 95.5 Å². The summed E-state index contributed by atoms with van der Waals surface area (Å²) in [6.45, 7) is 0. The molecule has 2 aromatic rings. The third-order valence-electron chi connectivity index (χ3n) is 2.21. The quantitative estimate of drug-likeness (QED) is 0.589. The van der Waals surface area contributed by atoms with Crippen LogP contribution in [0.3, 0.4) is 0 Å². The van der Waals surface area contributed by atoms with Crippen LogP contribution >= 0.6 is 22.9 Å². The van der Waals surface area contributed by atoms with Crippen molar-refractivity contribution in [2.45, 2.75) is 11.8 Å². The van der Waals surface area contributed by atoms with Gasteiger partial charge in [-0.3, -0.25) is 0 Å². The van der Waals surface area contributed by atoms with E-state index in [0.717, 1.165) is 21.9 Å². The predicted octanol–water partition coefficient (Wildman–Crippen LogP) is 3.91. The fraction of sp³-hybridized carbons (Fsp3) is 0.182. The van der Waals surface area contributed by atoms with Gasteiger partial charge in [-0.05, 0) is 29.1 Å². The van der Waals surface area contributed by atoms with Gasteiger partial charge in [0.05, 0.1) is 5.38 Å². The molecule has 0 aliphatic heterocycles. The fourth-order valence-electron chi connectivity index (χ4n) is 1.48. The number of rotatable bonds is 3. The number of carbonyl (C=O) groups is 1. The van der Waals surface area contributed by atoms with Crippen LogP contribution in [0.4, 0.5) is 4.39 Å². The second-order valence-electron chi connectivity index (χ2n) is 3.20. The summed E-state index contributed by atoms with van der Waals surface area (Å²) in [7, 11) is 0. The summed E-state index contributed by atoms with van der Waals surface area (Å²) < 4.78 is 14.0. The SMILES string of the molecule is O=CCC(Cl)c1csc2ccc(F)cc12. The molecule has 0 saturated carbocycles. The van der Waals surface area contributed by atoms with Crippen LogP contribution in [0.15, 0.2) is 23.6 Å². The largest absolute Gasteiger partial charge is 0.303 e. The predicted molar refractivity (Wildman–Crippen MR) is 61.1 cm³/mol. The molecule has 4 heteroatoms. The summed E-state index contributed by atoms with van der Waals surface area (Å²) in [6.07, 6.45) is 1.03. The van der Waals surface area contributed by atoms with Crippen LogP contribution in [0.2, 0.25) is 0 Å². The highest BCUT2D eigenvalue weighted by molar-refractivity contribution is 7.17. The molecule has 1 aromatic carbocycles. The van der Waals surface area contributed by atoms with Gasteiger partial charge in [-0.15, -0.1) is 22.9 Å². The molecule has 0 radical (unpaired) electrons. The lowest BCUT2D eigenvalue weighted by Gasteiger charge is -2.03. The van der Waals surface area contributed by atoms with E-state index in [1.165, 1.54) is 23.5 Å². The molecule has 2 rings (SSSR count). The van der Waals surface area contributed by atoms with Crippen molar-refractivity contribution in [3.8, 4) is 0 Å². The van der Waals surface area contributed by atoms with Gasteiger partial charge in [0.2, 0.25) is 0 Å². The zero-order valence-corrected chi connectivity index (χ0v) is 9.32. The van der Waals surface area contributed by atoms with Crippen LogP contribution in [-0.4, -0.2) is 6.29 Å². The van der Waals surface area contributed by atoms with Gasteiger partial charge in [-0.25, -0.2) is 4.39 Å². The maximum Gasteiger partial charge on any atom is 0.123 e. The summed E-state index contributed by atoms with van der Waals surface area (Å²) >= 11 is 7.54. The molecule has 15 heavy (non-hydrogen) atoms. The third kappa shape index (κ3) is 2.03. The molecule has 0 saturated heterocycles. The molecule has 0 N–H and O–H groups in total. The van der Waals surface area contributed by atoms with Crippen molar-refractivity contribution >= 4 is 39.3 Å². The number of benzene rings is 1. The van der Waals surface area contributed by atoms with E-state index < -0.39 is 0 Å². The van der Waals surface area contributed by atoms with Crippen LogP contribution < -0.4 is 0 Å². The minimum atomic E-state index is -0.363. The summed E-state index contributed by atoms with van der Waals surface area (Å²) in [5.74, 6) is -0.280. The first kappa shape index (κ1) is 10.6. The van der Waals surface area contributed by atoms with Gasteiger partial charge < -0.3 is 4.79 Å². The number of carbonyl (C=O) groups excluding carboxylic acids is 1. The first-order valence-corrected chi connectivity index (χ1v) is 5.78. The number of hydrogen-bond donors (Lipinski definition) is 0. The minimum absolute atomic E-state index is 0.254. The van der Waals surface area contributed by atoms with Crippen molar-refractivity contribution in [2.24, 2.45) is 0 Å². The molecule has 1 atom stereocenters. The van der Waals surface area contributed by atoms with Crippen LogP contribution in [0.1, 0.15) is 17.4 Å². The summed E-state index contributed by atoms with van der Waals surface area (Å²) in [4.78, 5) is 10.4. The second-order valence-corrected chi connectivity index (χ2v) is 4.64. The number of halogens is 2. The Morgan fingerprint density at radius 2 is 2.33 bits per heavy atom. The number of alkyl halides is 1. The Morgan fingerprint density at radius 1 is 1.53 bits per heavy atom. The van der Waals surface area contributed by atoms with Gasteiger partial charge in [-0.2, -0.15) is 0 Å². The summed E-state index contributed by atoms with van der Waals surface area (Å²) in [6, 6.07) is 4.61. The van der Waals surface area contributed by atoms with Gasteiger partial charge >= 0.3 is 0 Å². The van der Waals surface area contributed by atoms with Crippen molar-refractivity contribution in [3.63, 3.8) is 0 Å². The Hall–Kier alpha value is -0.930. The van der Waals surface area contributed by atoms with Gasteiger partial charge in [0.1, 0.15) is 12.1 Å². The van der Waals surface area contributed by atoms with Gasteiger partial charge in [0.15, 0.2) is 0 Å². The van der Waals surface area contributed by atoms with Gasteiger partial charge in [0.25, 0.3) is 0 Å². The molecule has 1 unspecified atom stereocenters. The van der Waals surface area contributed by atoms with Crippen molar-refractivity contribution in [3.05, 3.63) is 35.0 Å². The van der Waals surface area contributed by atoms with Crippen molar-refractivity contribution in [2.75, 3.05) is 0 Å². The molecule has 0 amide bonds. The summed E-state index contributed by atoms with van der Waals surface area (Å²) in [5, 5.41) is 2.32. The number of thiophene rings is 1. The lowest BCUT2D eigenvalue weighted by Crippen LogP contribution is -1.89. The molecular formula is C11H8ClFOS. The third-order valence-corrected chi connectivity index (χ3v) is 3.60. The van der Waals surface area contributed by atoms with Crippen LogP contribution in [0, 0.1) is 5.82 Å². The minimum Gasteiger partial charge on any atom is -0.303 e. The first-order valence-electron chi connectivity index (χ1n) is 4.46. The Kier molecular flexibility index (Phi) is 3.03. The lowest BCUT2D eigenvalue weighted by molar-refractivity contribution is -0.107. The Morgan fingerprint density at radius 3 is 3.07 bits per heavy atom. The normalized spacial score (nSPS) is 12.9. The zero-order chi connectivity index (χ0) is 10.8. The molecule has 0 aliphatic carbocycles. The van der Waals surface area contributed by atoms with E-state index in [2.05, 4.69) is 0 Å². The highest BCUT2D eigenvalue weighted by Gasteiger charge is 2.13. The van der Waals surface area contributed by atoms with E-state index in [1.54, 1.807) is 6.07 Å². The standard InChI is InChI=1S/C11H8ClFOS/c12-10(3-4-14)9-6-15-11-2-1-7(13)5-8(9)11/h1-2,4-6,10H,3H2. The monoisotopic (exact) mass is 242 g/mol. The average Bonchev–Trinajstić information content (AvgIpc) is 2.60. The van der Waals surface area contributed by atoms with Gasteiger partial charge in [-0.1, -0.05) is 0 Å². The highest BCUT2D eigenvalue weighted by Crippen LogP contribution is 2.35. The summed E-state index contributed by atoms with van der Waals surface area (Å²) in [5.41, 5.74) is 0.836. The van der Waals surface area contributed by atoms with E-state index in [9.17, 15) is 9.18 Å². The molecule has 0 aliphatic rings. The van der Waals surface area contributed by atoms with Crippen LogP contribution in [0.5, 0.6) is 0 Å². The van der Waals surface area contributed by atoms with Gasteiger partial charge in [0, 0.05) is 16.5 Å². The van der Waals surface area contributed by atoms with E-state index in [4.69, 9.17) is 11.6 Å². The van der Waals surface area contributed by atoms with E-state index in [0.29, 0.717) is 0 Å². The topological polar surface area (TPSA) is 17.1 Å². The molecule has 78 valence electrons. The Balaban J connectivity index is 2.51. The lowest BCUT2D eigenvalue weighted by atomic mass is 10.1. The number of aldehydes is 1. The van der Waals surface area contributed by atoms with Crippen LogP contribution in [0.25, 0.3) is 10.1 Å². The van der Waals surface area contributed by atoms with Crippen molar-refractivity contribution in [1.82, 2.24) is 0 Å². The highest BCUT2D eigenvalue weighted by atomic mass is 35.5. The fourth-order valence-corrected chi connectivity index (χ4v) is 2.80. The zero-order valence-electron chi connectivity index (χ0n) is 7.74. The molecule has 1 nitrogen and oxygen atoms in total.